The van der Waals surface area contributed by atoms with Crippen LogP contribution < -0.4 is 5.32 Å². The Labute approximate surface area is 99.0 Å². The van der Waals surface area contributed by atoms with Crippen LogP contribution in [0, 0.1) is 5.92 Å². The maximum atomic E-state index is 11.3. The van der Waals surface area contributed by atoms with Crippen molar-refractivity contribution < 1.29 is 9.59 Å². The van der Waals surface area contributed by atoms with Gasteiger partial charge in [-0.25, -0.2) is 0 Å². The molecule has 0 aliphatic rings. The SMILES string of the molecule is CCC(=O)CCCCCNC(=O)CC(C)C. The van der Waals surface area contributed by atoms with Crippen molar-refractivity contribution >= 4 is 11.7 Å². The number of hydrogen-bond acceptors (Lipinski definition) is 2. The number of nitrogens with one attached hydrogen (secondary N) is 1. The summed E-state index contributed by atoms with van der Waals surface area (Å²) in [5.41, 5.74) is 0. The molecule has 3 heteroatoms. The Kier molecular flexibility index (Phi) is 8.87. The number of Topliss-reactive ketones (excluding diaryl/α,β-unsaturated/α-hetero) is 1. The quantitative estimate of drug-likeness (QED) is 0.616. The summed E-state index contributed by atoms with van der Waals surface area (Å²) >= 11 is 0. The number of rotatable bonds is 9. The predicted octanol–water partition coefficient (Wildman–Crippen LogP) is 2.69. The molecule has 0 unspecified atom stereocenters. The van der Waals surface area contributed by atoms with Crippen LogP contribution in [-0.2, 0) is 9.59 Å². The van der Waals surface area contributed by atoms with Gasteiger partial charge in [-0.05, 0) is 18.8 Å². The van der Waals surface area contributed by atoms with Crippen LogP contribution in [0.3, 0.4) is 0 Å². The molecule has 0 saturated carbocycles. The molecule has 94 valence electrons. The fraction of sp³-hybridized carbons (Fsp3) is 0.846. The molecule has 0 heterocycles. The van der Waals surface area contributed by atoms with Gasteiger partial charge in [-0.2, -0.15) is 0 Å². The first-order valence-electron chi connectivity index (χ1n) is 6.34. The van der Waals surface area contributed by atoms with Crippen LogP contribution in [0.4, 0.5) is 0 Å². The maximum absolute atomic E-state index is 11.3. The van der Waals surface area contributed by atoms with Gasteiger partial charge in [0.15, 0.2) is 0 Å². The van der Waals surface area contributed by atoms with E-state index in [2.05, 4.69) is 5.32 Å². The molecule has 0 aromatic carbocycles. The lowest BCUT2D eigenvalue weighted by molar-refractivity contribution is -0.122. The second kappa shape index (κ2) is 9.37. The summed E-state index contributed by atoms with van der Waals surface area (Å²) in [6, 6.07) is 0. The van der Waals surface area contributed by atoms with E-state index in [9.17, 15) is 9.59 Å². The van der Waals surface area contributed by atoms with Crippen molar-refractivity contribution in [3.05, 3.63) is 0 Å². The van der Waals surface area contributed by atoms with Gasteiger partial charge in [0.1, 0.15) is 5.78 Å². The lowest BCUT2D eigenvalue weighted by atomic mass is 10.1. The van der Waals surface area contributed by atoms with Gasteiger partial charge < -0.3 is 5.32 Å². The monoisotopic (exact) mass is 227 g/mol. The van der Waals surface area contributed by atoms with Crippen molar-refractivity contribution in [3.8, 4) is 0 Å². The van der Waals surface area contributed by atoms with Crippen molar-refractivity contribution in [1.82, 2.24) is 5.32 Å². The van der Waals surface area contributed by atoms with E-state index in [0.29, 0.717) is 31.0 Å². The third-order valence-corrected chi connectivity index (χ3v) is 2.44. The number of unbranched alkanes of at least 4 members (excludes halogenated alkanes) is 2. The molecule has 0 spiro atoms. The number of carbonyl (C=O) groups is 2. The Bertz CT molecular complexity index is 212. The van der Waals surface area contributed by atoms with Gasteiger partial charge in [0, 0.05) is 25.8 Å². The van der Waals surface area contributed by atoms with E-state index in [-0.39, 0.29) is 5.91 Å². The van der Waals surface area contributed by atoms with Gasteiger partial charge in [-0.1, -0.05) is 27.2 Å². The maximum Gasteiger partial charge on any atom is 0.220 e. The minimum atomic E-state index is 0.139. The van der Waals surface area contributed by atoms with Crippen LogP contribution in [0.1, 0.15) is 59.3 Å². The Balaban J connectivity index is 3.27. The number of carbonyl (C=O) groups excluding carboxylic acids is 2. The second-order valence-corrected chi connectivity index (χ2v) is 4.65. The van der Waals surface area contributed by atoms with Crippen LogP contribution >= 0.6 is 0 Å². The molecule has 0 aromatic rings. The molecule has 0 atom stereocenters. The van der Waals surface area contributed by atoms with Crippen molar-refractivity contribution in [1.29, 1.82) is 0 Å². The average Bonchev–Trinajstić information content (AvgIpc) is 2.21. The summed E-state index contributed by atoms with van der Waals surface area (Å²) in [6.07, 6.45) is 4.89. The fourth-order valence-corrected chi connectivity index (χ4v) is 1.47. The minimum absolute atomic E-state index is 0.139. The normalized spacial score (nSPS) is 10.5. The molecular weight excluding hydrogens is 202 g/mol. The molecule has 0 aliphatic carbocycles. The number of ketones is 1. The molecule has 16 heavy (non-hydrogen) atoms. The molecule has 0 radical (unpaired) electrons. The summed E-state index contributed by atoms with van der Waals surface area (Å²) in [7, 11) is 0. The van der Waals surface area contributed by atoms with E-state index in [1.807, 2.05) is 20.8 Å². The Morgan fingerprint density at radius 2 is 1.81 bits per heavy atom. The highest BCUT2D eigenvalue weighted by Gasteiger charge is 2.03. The van der Waals surface area contributed by atoms with Crippen LogP contribution in [0.2, 0.25) is 0 Å². The highest BCUT2D eigenvalue weighted by Crippen LogP contribution is 2.02. The summed E-state index contributed by atoms with van der Waals surface area (Å²) < 4.78 is 0. The average molecular weight is 227 g/mol. The molecular formula is C13H25NO2. The van der Waals surface area contributed by atoms with E-state index in [1.165, 1.54) is 0 Å². The van der Waals surface area contributed by atoms with Gasteiger partial charge in [0.05, 0.1) is 0 Å². The van der Waals surface area contributed by atoms with Crippen LogP contribution in [0.15, 0.2) is 0 Å². The van der Waals surface area contributed by atoms with Gasteiger partial charge in [-0.3, -0.25) is 9.59 Å². The highest BCUT2D eigenvalue weighted by molar-refractivity contribution is 5.77. The van der Waals surface area contributed by atoms with Crippen LogP contribution in [0.5, 0.6) is 0 Å². The molecule has 0 fully saturated rings. The zero-order valence-electron chi connectivity index (χ0n) is 10.8. The van der Waals surface area contributed by atoms with Gasteiger partial charge in [0.25, 0.3) is 0 Å². The smallest absolute Gasteiger partial charge is 0.220 e. The first-order chi connectivity index (χ1) is 7.56. The topological polar surface area (TPSA) is 46.2 Å². The lowest BCUT2D eigenvalue weighted by Gasteiger charge is -2.06. The van der Waals surface area contributed by atoms with Crippen molar-refractivity contribution in [3.63, 3.8) is 0 Å². The van der Waals surface area contributed by atoms with E-state index < -0.39 is 0 Å². The van der Waals surface area contributed by atoms with E-state index in [1.54, 1.807) is 0 Å². The van der Waals surface area contributed by atoms with Crippen LogP contribution in [0.25, 0.3) is 0 Å². The van der Waals surface area contributed by atoms with Crippen molar-refractivity contribution in [2.24, 2.45) is 5.92 Å². The number of hydrogen-bond donors (Lipinski definition) is 1. The van der Waals surface area contributed by atoms with Gasteiger partial charge in [-0.15, -0.1) is 0 Å². The highest BCUT2D eigenvalue weighted by atomic mass is 16.1. The third kappa shape index (κ3) is 9.69. The molecule has 3 nitrogen and oxygen atoms in total. The first kappa shape index (κ1) is 15.1. The summed E-state index contributed by atoms with van der Waals surface area (Å²) in [5.74, 6) is 0.894. The Hall–Kier alpha value is -0.860. The number of amides is 1. The van der Waals surface area contributed by atoms with E-state index >= 15 is 0 Å². The largest absolute Gasteiger partial charge is 0.356 e. The molecule has 1 N–H and O–H groups in total. The predicted molar refractivity (Wildman–Crippen MR) is 66.2 cm³/mol. The molecule has 0 aromatic heterocycles. The van der Waals surface area contributed by atoms with Gasteiger partial charge in [0.2, 0.25) is 5.91 Å². The van der Waals surface area contributed by atoms with E-state index in [4.69, 9.17) is 0 Å². The summed E-state index contributed by atoms with van der Waals surface area (Å²) in [6.45, 7) is 6.71. The van der Waals surface area contributed by atoms with Gasteiger partial charge >= 0.3 is 0 Å². The second-order valence-electron chi connectivity index (χ2n) is 4.65. The fourth-order valence-electron chi connectivity index (χ4n) is 1.47. The minimum Gasteiger partial charge on any atom is -0.356 e. The zero-order valence-corrected chi connectivity index (χ0v) is 10.8. The standard InChI is InChI=1S/C13H25NO2/c1-4-12(15)8-6-5-7-9-14-13(16)10-11(2)3/h11H,4-10H2,1-3H3,(H,14,16). The molecule has 0 aliphatic heterocycles. The Morgan fingerprint density at radius 3 is 2.38 bits per heavy atom. The molecule has 0 saturated heterocycles. The third-order valence-electron chi connectivity index (χ3n) is 2.44. The van der Waals surface area contributed by atoms with Crippen LogP contribution in [-0.4, -0.2) is 18.2 Å². The molecule has 1 amide bonds. The Morgan fingerprint density at radius 1 is 1.12 bits per heavy atom. The summed E-state index contributed by atoms with van der Waals surface area (Å²) in [5, 5.41) is 2.89. The van der Waals surface area contributed by atoms with E-state index in [0.717, 1.165) is 25.8 Å². The molecule has 0 bridgehead atoms. The first-order valence-corrected chi connectivity index (χ1v) is 6.34. The zero-order chi connectivity index (χ0) is 12.4. The van der Waals surface area contributed by atoms with Crippen molar-refractivity contribution in [2.45, 2.75) is 59.3 Å². The van der Waals surface area contributed by atoms with Crippen molar-refractivity contribution in [2.75, 3.05) is 6.54 Å². The summed E-state index contributed by atoms with van der Waals surface area (Å²) in [4.78, 5) is 22.3. The molecule has 0 rings (SSSR count). The lowest BCUT2D eigenvalue weighted by Crippen LogP contribution is -2.25.